The Bertz CT molecular complexity index is 178. The van der Waals surface area contributed by atoms with E-state index >= 15 is 0 Å². The summed E-state index contributed by atoms with van der Waals surface area (Å²) in [7, 11) is 0. The molecule has 1 radical (unpaired) electrons. The number of amides is 1. The highest BCUT2D eigenvalue weighted by atomic mass is 16.2. The lowest BCUT2D eigenvalue weighted by Gasteiger charge is -2.26. The minimum Gasteiger partial charge on any atom is -0.353 e. The van der Waals surface area contributed by atoms with Crippen molar-refractivity contribution in [2.24, 2.45) is 5.41 Å². The molecule has 0 saturated carbocycles. The number of piperidine rings is 1. The summed E-state index contributed by atoms with van der Waals surface area (Å²) >= 11 is 0. The van der Waals surface area contributed by atoms with Crippen LogP contribution < -0.4 is 10.6 Å². The molecule has 0 aliphatic carbocycles. The second-order valence-corrected chi connectivity index (χ2v) is 4.67. The van der Waals surface area contributed by atoms with Crippen LogP contribution in [0.3, 0.4) is 0 Å². The van der Waals surface area contributed by atoms with Gasteiger partial charge in [0, 0.05) is 24.5 Å². The summed E-state index contributed by atoms with van der Waals surface area (Å²) < 4.78 is 0. The van der Waals surface area contributed by atoms with Crippen LogP contribution in [0.15, 0.2) is 0 Å². The Balaban J connectivity index is 2.35. The number of hydrogen-bond acceptors (Lipinski definition) is 1. The first-order chi connectivity index (χ1) is 6.00. The average Bonchev–Trinajstić information content (AvgIpc) is 2.04. The van der Waals surface area contributed by atoms with E-state index in [-0.39, 0.29) is 11.3 Å². The summed E-state index contributed by atoms with van der Waals surface area (Å²) in [5, 5.41) is 7.31. The van der Waals surface area contributed by atoms with Crippen LogP contribution in [-0.2, 0) is 4.79 Å². The maximum atomic E-state index is 11.6. The van der Waals surface area contributed by atoms with Crippen LogP contribution in [0.25, 0.3) is 0 Å². The fourth-order valence-corrected chi connectivity index (χ4v) is 1.30. The third-order valence-electron chi connectivity index (χ3n) is 2.29. The fourth-order valence-electron chi connectivity index (χ4n) is 1.30. The van der Waals surface area contributed by atoms with Crippen molar-refractivity contribution in [3.8, 4) is 0 Å². The molecule has 0 aromatic rings. The summed E-state index contributed by atoms with van der Waals surface area (Å²) in [5.41, 5.74) is -0.269. The first-order valence-corrected chi connectivity index (χ1v) is 4.94. The van der Waals surface area contributed by atoms with E-state index in [4.69, 9.17) is 0 Å². The molecule has 13 heavy (non-hydrogen) atoms. The van der Waals surface area contributed by atoms with E-state index < -0.39 is 0 Å². The van der Waals surface area contributed by atoms with Crippen molar-refractivity contribution in [1.29, 1.82) is 0 Å². The number of nitrogens with zero attached hydrogens (tertiary/aromatic N) is 1. The maximum absolute atomic E-state index is 11.6. The Morgan fingerprint density at radius 3 is 2.31 bits per heavy atom. The third-order valence-corrected chi connectivity index (χ3v) is 2.29. The molecule has 1 aliphatic heterocycles. The lowest BCUT2D eigenvalue weighted by atomic mass is 9.94. The van der Waals surface area contributed by atoms with E-state index in [2.05, 4.69) is 10.6 Å². The van der Waals surface area contributed by atoms with E-state index in [9.17, 15) is 4.79 Å². The number of carbonyl (C=O) groups is 1. The number of carbonyl (C=O) groups excluding carboxylic acids is 1. The zero-order valence-corrected chi connectivity index (χ0v) is 8.76. The van der Waals surface area contributed by atoms with Crippen molar-refractivity contribution in [2.75, 3.05) is 13.1 Å². The van der Waals surface area contributed by atoms with Crippen LogP contribution in [0.1, 0.15) is 33.6 Å². The van der Waals surface area contributed by atoms with Gasteiger partial charge in [0.1, 0.15) is 0 Å². The molecule has 3 nitrogen and oxygen atoms in total. The van der Waals surface area contributed by atoms with E-state index in [1.54, 1.807) is 0 Å². The molecule has 0 atom stereocenters. The van der Waals surface area contributed by atoms with Crippen LogP contribution in [-0.4, -0.2) is 25.0 Å². The van der Waals surface area contributed by atoms with Gasteiger partial charge in [-0.05, 0) is 12.8 Å². The molecule has 3 heteroatoms. The van der Waals surface area contributed by atoms with Crippen molar-refractivity contribution in [2.45, 2.75) is 39.7 Å². The second kappa shape index (κ2) is 4.09. The Hall–Kier alpha value is -0.570. The van der Waals surface area contributed by atoms with Crippen molar-refractivity contribution in [1.82, 2.24) is 10.6 Å². The molecule has 1 saturated heterocycles. The predicted molar refractivity (Wildman–Crippen MR) is 52.5 cm³/mol. The molecule has 0 bridgehead atoms. The maximum Gasteiger partial charge on any atom is 0.225 e. The average molecular weight is 183 g/mol. The normalized spacial score (nSPS) is 19.9. The van der Waals surface area contributed by atoms with E-state index in [1.165, 1.54) is 0 Å². The van der Waals surface area contributed by atoms with Gasteiger partial charge in [-0.2, -0.15) is 0 Å². The third kappa shape index (κ3) is 3.35. The zero-order chi connectivity index (χ0) is 9.90. The lowest BCUT2D eigenvalue weighted by molar-refractivity contribution is -0.129. The Kier molecular flexibility index (Phi) is 3.31. The van der Waals surface area contributed by atoms with Crippen LogP contribution in [0.5, 0.6) is 0 Å². The van der Waals surface area contributed by atoms with Gasteiger partial charge in [-0.1, -0.05) is 20.8 Å². The molecule has 1 heterocycles. The van der Waals surface area contributed by atoms with Crippen LogP contribution in [0.2, 0.25) is 0 Å². The Morgan fingerprint density at radius 1 is 1.31 bits per heavy atom. The van der Waals surface area contributed by atoms with Gasteiger partial charge in [0.2, 0.25) is 5.91 Å². The highest BCUT2D eigenvalue weighted by Gasteiger charge is 2.24. The summed E-state index contributed by atoms with van der Waals surface area (Å²) in [4.78, 5) is 11.6. The Morgan fingerprint density at radius 2 is 1.85 bits per heavy atom. The Labute approximate surface area is 80.3 Å². The SMILES string of the molecule is CC(C)(C)C(=O)NC1CC[N]CC1. The quantitative estimate of drug-likeness (QED) is 0.645. The molecule has 1 N–H and O–H groups in total. The van der Waals surface area contributed by atoms with Gasteiger partial charge < -0.3 is 5.32 Å². The summed E-state index contributed by atoms with van der Waals surface area (Å²) in [6.07, 6.45) is 2.00. The number of hydrogen-bond donors (Lipinski definition) is 1. The van der Waals surface area contributed by atoms with E-state index in [0.29, 0.717) is 6.04 Å². The van der Waals surface area contributed by atoms with Crippen LogP contribution >= 0.6 is 0 Å². The summed E-state index contributed by atoms with van der Waals surface area (Å²) in [5.74, 6) is 0.152. The van der Waals surface area contributed by atoms with Gasteiger partial charge >= 0.3 is 0 Å². The molecular weight excluding hydrogens is 164 g/mol. The zero-order valence-electron chi connectivity index (χ0n) is 8.76. The molecule has 1 rings (SSSR count). The van der Waals surface area contributed by atoms with Crippen molar-refractivity contribution >= 4 is 5.91 Å². The number of nitrogens with one attached hydrogen (secondary N) is 1. The number of rotatable bonds is 1. The van der Waals surface area contributed by atoms with Crippen LogP contribution in [0.4, 0.5) is 0 Å². The first-order valence-electron chi connectivity index (χ1n) is 4.94. The minimum absolute atomic E-state index is 0.152. The monoisotopic (exact) mass is 183 g/mol. The van der Waals surface area contributed by atoms with E-state index in [0.717, 1.165) is 25.9 Å². The van der Waals surface area contributed by atoms with E-state index in [1.807, 2.05) is 20.8 Å². The van der Waals surface area contributed by atoms with Gasteiger partial charge in [0.25, 0.3) is 0 Å². The molecule has 1 amide bonds. The molecule has 0 aromatic heterocycles. The molecule has 75 valence electrons. The van der Waals surface area contributed by atoms with Gasteiger partial charge in [-0.25, -0.2) is 5.32 Å². The van der Waals surface area contributed by atoms with Crippen LogP contribution in [0, 0.1) is 5.41 Å². The first kappa shape index (κ1) is 10.5. The molecule has 0 aromatic carbocycles. The summed E-state index contributed by atoms with van der Waals surface area (Å²) in [6, 6.07) is 0.351. The van der Waals surface area contributed by atoms with Gasteiger partial charge in [-0.3, -0.25) is 4.79 Å². The van der Waals surface area contributed by atoms with Gasteiger partial charge in [-0.15, -0.1) is 0 Å². The molecule has 0 spiro atoms. The largest absolute Gasteiger partial charge is 0.353 e. The minimum atomic E-state index is -0.269. The molecule has 1 aliphatic rings. The summed E-state index contributed by atoms with van der Waals surface area (Å²) in [6.45, 7) is 7.62. The smallest absolute Gasteiger partial charge is 0.225 e. The van der Waals surface area contributed by atoms with Crippen molar-refractivity contribution < 1.29 is 4.79 Å². The molecule has 0 unspecified atom stereocenters. The van der Waals surface area contributed by atoms with Gasteiger partial charge in [0.05, 0.1) is 0 Å². The topological polar surface area (TPSA) is 43.2 Å². The lowest BCUT2D eigenvalue weighted by Crippen LogP contribution is -2.45. The highest BCUT2D eigenvalue weighted by Crippen LogP contribution is 2.14. The molecular formula is C10H19N2O. The predicted octanol–water partition coefficient (Wildman–Crippen LogP) is 0.915. The highest BCUT2D eigenvalue weighted by molar-refractivity contribution is 5.81. The van der Waals surface area contributed by atoms with Crippen molar-refractivity contribution in [3.05, 3.63) is 0 Å². The second-order valence-electron chi connectivity index (χ2n) is 4.67. The van der Waals surface area contributed by atoms with Gasteiger partial charge in [0.15, 0.2) is 0 Å². The molecule has 1 fully saturated rings. The van der Waals surface area contributed by atoms with Crippen molar-refractivity contribution in [3.63, 3.8) is 0 Å². The standard InChI is InChI=1S/C10H19N2O/c1-10(2,3)9(13)12-8-4-6-11-7-5-8/h8H,4-7H2,1-3H3,(H,12,13). The fraction of sp³-hybridized carbons (Fsp3) is 0.900.